The highest BCUT2D eigenvalue weighted by Gasteiger charge is 2.34. The van der Waals surface area contributed by atoms with Crippen LogP contribution >= 0.6 is 24.0 Å². The van der Waals surface area contributed by atoms with Crippen molar-refractivity contribution in [2.45, 2.75) is 0 Å². The van der Waals surface area contributed by atoms with Gasteiger partial charge in [-0.3, -0.25) is 9.69 Å². The first-order valence-electron chi connectivity index (χ1n) is 5.06. The number of thioether (sulfide) groups is 1. The van der Waals surface area contributed by atoms with E-state index in [9.17, 15) is 14.7 Å². The van der Waals surface area contributed by atoms with Crippen LogP contribution < -0.4 is 5.11 Å². The third-order valence-corrected chi connectivity index (χ3v) is 3.88. The lowest BCUT2D eigenvalue weighted by Gasteiger charge is -2.19. The summed E-state index contributed by atoms with van der Waals surface area (Å²) in [6, 6.07) is 0. The lowest BCUT2D eigenvalue weighted by atomic mass is 10.2. The van der Waals surface area contributed by atoms with Crippen molar-refractivity contribution in [2.24, 2.45) is 0 Å². The number of allylic oxidation sites excluding steroid dienone is 3. The van der Waals surface area contributed by atoms with Crippen molar-refractivity contribution in [2.75, 3.05) is 13.6 Å². The monoisotopic (exact) mass is 281 g/mol. The fourth-order valence-electron chi connectivity index (χ4n) is 1.58. The van der Waals surface area contributed by atoms with E-state index in [0.29, 0.717) is 10.6 Å². The number of thiocarbonyl (C=S) groups is 1. The molecule has 18 heavy (non-hydrogen) atoms. The smallest absolute Gasteiger partial charge is 0.268 e. The second kappa shape index (κ2) is 4.95. The molecule has 0 atom stereocenters. The van der Waals surface area contributed by atoms with E-state index in [1.807, 2.05) is 6.08 Å². The van der Waals surface area contributed by atoms with Crippen LogP contribution in [-0.2, 0) is 9.59 Å². The van der Waals surface area contributed by atoms with E-state index >= 15 is 0 Å². The first kappa shape index (κ1) is 12.8. The number of hydrogen-bond acceptors (Lipinski definition) is 6. The Labute approximate surface area is 113 Å². The Balaban J connectivity index is 2.33. The molecule has 1 saturated heterocycles. The first-order chi connectivity index (χ1) is 8.50. The number of rotatable bonds is 2. The van der Waals surface area contributed by atoms with Gasteiger partial charge in [-0.2, -0.15) is 0 Å². The fourth-order valence-corrected chi connectivity index (χ4v) is 2.92. The molecule has 0 bridgehead atoms. The number of carboxylic acids is 1. The van der Waals surface area contributed by atoms with Gasteiger partial charge in [0.2, 0.25) is 0 Å². The number of aliphatic carboxylic acids is 1. The SMILES string of the molecule is CN1C=CC=CC1=C1SC(=S)N(CC(=O)[O-])C1=O. The van der Waals surface area contributed by atoms with E-state index in [1.165, 1.54) is 0 Å². The topological polar surface area (TPSA) is 63.7 Å². The van der Waals surface area contributed by atoms with Crippen LogP contribution in [0.3, 0.4) is 0 Å². The van der Waals surface area contributed by atoms with Crippen LogP contribution in [0.25, 0.3) is 0 Å². The summed E-state index contributed by atoms with van der Waals surface area (Å²) >= 11 is 6.11. The van der Waals surface area contributed by atoms with Crippen LogP contribution in [-0.4, -0.2) is 39.6 Å². The molecule has 2 aliphatic rings. The number of carbonyl (C=O) groups excluding carboxylic acids is 2. The largest absolute Gasteiger partial charge is 0.548 e. The van der Waals surface area contributed by atoms with Gasteiger partial charge in [0.05, 0.1) is 18.2 Å². The predicted molar refractivity (Wildman–Crippen MR) is 70.0 cm³/mol. The normalized spacial score (nSPS) is 23.2. The van der Waals surface area contributed by atoms with Crippen molar-refractivity contribution in [3.63, 3.8) is 0 Å². The first-order valence-corrected chi connectivity index (χ1v) is 6.28. The second-order valence-corrected chi connectivity index (χ2v) is 5.30. The molecule has 2 rings (SSSR count). The molecule has 0 aromatic carbocycles. The summed E-state index contributed by atoms with van der Waals surface area (Å²) < 4.78 is 0.239. The zero-order valence-electron chi connectivity index (χ0n) is 9.45. The Morgan fingerprint density at radius 3 is 2.83 bits per heavy atom. The molecule has 0 saturated carbocycles. The summed E-state index contributed by atoms with van der Waals surface area (Å²) in [6.45, 7) is -0.509. The summed E-state index contributed by atoms with van der Waals surface area (Å²) in [5.74, 6) is -1.72. The predicted octanol–water partition coefficient (Wildman–Crippen LogP) is -0.177. The van der Waals surface area contributed by atoms with Gasteiger partial charge in [0.15, 0.2) is 0 Å². The molecule has 2 heterocycles. The van der Waals surface area contributed by atoms with Crippen molar-refractivity contribution in [3.05, 3.63) is 35.0 Å². The molecule has 0 N–H and O–H groups in total. The zero-order chi connectivity index (χ0) is 13.3. The molecule has 7 heteroatoms. The van der Waals surface area contributed by atoms with Gasteiger partial charge in [-0.05, 0) is 12.2 Å². The van der Waals surface area contributed by atoms with Gasteiger partial charge in [0, 0.05) is 13.2 Å². The highest BCUT2D eigenvalue weighted by molar-refractivity contribution is 8.26. The van der Waals surface area contributed by atoms with Gasteiger partial charge in [0.1, 0.15) is 9.23 Å². The van der Waals surface area contributed by atoms with Crippen LogP contribution in [0, 0.1) is 0 Å². The third kappa shape index (κ3) is 2.32. The summed E-state index contributed by atoms with van der Waals surface area (Å²) in [7, 11) is 1.81. The van der Waals surface area contributed by atoms with E-state index in [4.69, 9.17) is 12.2 Å². The van der Waals surface area contributed by atoms with Crippen molar-refractivity contribution in [3.8, 4) is 0 Å². The van der Waals surface area contributed by atoms with Crippen LogP contribution in [0.15, 0.2) is 35.0 Å². The number of likely N-dealkylation sites (N-methyl/N-ethyl adjacent to an activating group) is 1. The van der Waals surface area contributed by atoms with Crippen LogP contribution in [0.1, 0.15) is 0 Å². The number of hydrogen-bond donors (Lipinski definition) is 0. The molecule has 0 spiro atoms. The van der Waals surface area contributed by atoms with Crippen molar-refractivity contribution in [1.29, 1.82) is 0 Å². The molecule has 2 aliphatic heterocycles. The highest BCUT2D eigenvalue weighted by Crippen LogP contribution is 2.35. The van der Waals surface area contributed by atoms with Gasteiger partial charge in [-0.25, -0.2) is 0 Å². The average Bonchev–Trinajstić information content (AvgIpc) is 2.57. The van der Waals surface area contributed by atoms with E-state index in [0.717, 1.165) is 16.7 Å². The third-order valence-electron chi connectivity index (χ3n) is 2.42. The van der Waals surface area contributed by atoms with Crippen molar-refractivity contribution < 1.29 is 14.7 Å². The zero-order valence-corrected chi connectivity index (χ0v) is 11.1. The Morgan fingerprint density at radius 1 is 1.50 bits per heavy atom. The maximum Gasteiger partial charge on any atom is 0.268 e. The second-order valence-electron chi connectivity index (χ2n) is 3.66. The highest BCUT2D eigenvalue weighted by atomic mass is 32.2. The number of carboxylic acid groups (broad SMARTS) is 1. The minimum atomic E-state index is -1.33. The maximum atomic E-state index is 12.1. The lowest BCUT2D eigenvalue weighted by Crippen LogP contribution is -2.40. The number of amides is 1. The lowest BCUT2D eigenvalue weighted by molar-refractivity contribution is -0.305. The summed E-state index contributed by atoms with van der Waals surface area (Å²) in [4.78, 5) is 25.9. The number of nitrogens with zero attached hydrogens (tertiary/aromatic N) is 2. The molecule has 0 aromatic rings. The molecule has 5 nitrogen and oxygen atoms in total. The molecule has 1 amide bonds. The minimum absolute atomic E-state index is 0.239. The van der Waals surface area contributed by atoms with Gasteiger partial charge >= 0.3 is 0 Å². The Bertz CT molecular complexity index is 522. The van der Waals surface area contributed by atoms with Crippen LogP contribution in [0.5, 0.6) is 0 Å². The molecule has 0 unspecified atom stereocenters. The summed E-state index contributed by atoms with van der Waals surface area (Å²) in [5, 5.41) is 10.6. The van der Waals surface area contributed by atoms with Crippen molar-refractivity contribution in [1.82, 2.24) is 9.80 Å². The van der Waals surface area contributed by atoms with Gasteiger partial charge < -0.3 is 14.8 Å². The van der Waals surface area contributed by atoms with Gasteiger partial charge in [0.25, 0.3) is 5.91 Å². The molecule has 0 aliphatic carbocycles. The quantitative estimate of drug-likeness (QED) is 0.517. The van der Waals surface area contributed by atoms with Crippen LogP contribution in [0.4, 0.5) is 0 Å². The Morgan fingerprint density at radius 2 is 2.22 bits per heavy atom. The maximum absolute atomic E-state index is 12.1. The molecular formula is C11H9N2O3S2-. The van der Waals surface area contributed by atoms with E-state index in [2.05, 4.69) is 0 Å². The Kier molecular flexibility index (Phi) is 3.53. The molecule has 0 radical (unpaired) electrons. The van der Waals surface area contributed by atoms with Crippen LogP contribution in [0.2, 0.25) is 0 Å². The number of carbonyl (C=O) groups is 2. The molecular weight excluding hydrogens is 272 g/mol. The average molecular weight is 281 g/mol. The summed E-state index contributed by atoms with van der Waals surface area (Å²) in [5.41, 5.74) is 0.704. The fraction of sp³-hybridized carbons (Fsp3) is 0.182. The molecule has 0 aromatic heterocycles. The van der Waals surface area contributed by atoms with E-state index < -0.39 is 18.4 Å². The van der Waals surface area contributed by atoms with Gasteiger partial charge in [-0.1, -0.05) is 30.1 Å². The van der Waals surface area contributed by atoms with Crippen molar-refractivity contribution >= 4 is 40.2 Å². The van der Waals surface area contributed by atoms with E-state index in [-0.39, 0.29) is 4.32 Å². The Hall–Kier alpha value is -1.60. The molecule has 94 valence electrons. The summed E-state index contributed by atoms with van der Waals surface area (Å²) in [6.07, 6.45) is 7.23. The van der Waals surface area contributed by atoms with E-state index in [1.54, 1.807) is 30.3 Å². The van der Waals surface area contributed by atoms with Gasteiger partial charge in [-0.15, -0.1) is 0 Å². The molecule has 1 fully saturated rings. The standard InChI is InChI=1S/C11H10N2O3S2/c1-12-5-3-2-4-7(12)9-10(16)13(6-8(14)15)11(17)18-9/h2-5H,6H2,1H3,(H,14,15)/p-1. The minimum Gasteiger partial charge on any atom is -0.548 e.